The molecular formula is C16H17ClN2O. The molecule has 0 aliphatic heterocycles. The minimum atomic E-state index is -0.0665. The molecular weight excluding hydrogens is 272 g/mol. The molecule has 2 aromatic rings. The van der Waals surface area contributed by atoms with Gasteiger partial charge >= 0.3 is 0 Å². The largest absolute Gasteiger partial charge is 0.335 e. The highest BCUT2D eigenvalue weighted by Crippen LogP contribution is 2.18. The van der Waals surface area contributed by atoms with Crippen LogP contribution in [0.2, 0.25) is 5.02 Å². The van der Waals surface area contributed by atoms with Crippen molar-refractivity contribution in [2.45, 2.75) is 20.4 Å². The van der Waals surface area contributed by atoms with E-state index in [0.29, 0.717) is 23.7 Å². The van der Waals surface area contributed by atoms with E-state index in [9.17, 15) is 4.79 Å². The summed E-state index contributed by atoms with van der Waals surface area (Å²) in [5.74, 6) is -0.0665. The molecule has 1 aromatic heterocycles. The average molecular weight is 289 g/mol. The Morgan fingerprint density at radius 3 is 2.70 bits per heavy atom. The zero-order valence-electron chi connectivity index (χ0n) is 11.6. The highest BCUT2D eigenvalue weighted by Gasteiger charge is 2.17. The van der Waals surface area contributed by atoms with Gasteiger partial charge < -0.3 is 4.90 Å². The molecule has 104 valence electrons. The van der Waals surface area contributed by atoms with E-state index >= 15 is 0 Å². The molecule has 0 bridgehead atoms. The molecule has 3 nitrogen and oxygen atoms in total. The van der Waals surface area contributed by atoms with Gasteiger partial charge in [0.05, 0.1) is 10.6 Å². The van der Waals surface area contributed by atoms with Crippen LogP contribution in [0.5, 0.6) is 0 Å². The number of rotatable bonds is 4. The number of pyridine rings is 1. The SMILES string of the molecule is CCN(Cc1ccccc1C)C(=O)c1ccncc1Cl. The first-order valence-electron chi connectivity index (χ1n) is 6.56. The first kappa shape index (κ1) is 14.5. The van der Waals surface area contributed by atoms with Gasteiger partial charge in [-0.25, -0.2) is 0 Å². The van der Waals surface area contributed by atoms with Gasteiger partial charge in [-0.2, -0.15) is 0 Å². The van der Waals surface area contributed by atoms with E-state index in [1.54, 1.807) is 17.2 Å². The van der Waals surface area contributed by atoms with Crippen LogP contribution in [0.3, 0.4) is 0 Å². The van der Waals surface area contributed by atoms with Crippen LogP contribution < -0.4 is 0 Å². The van der Waals surface area contributed by atoms with Gasteiger partial charge in [0.1, 0.15) is 0 Å². The summed E-state index contributed by atoms with van der Waals surface area (Å²) in [5, 5.41) is 0.390. The molecule has 20 heavy (non-hydrogen) atoms. The van der Waals surface area contributed by atoms with E-state index < -0.39 is 0 Å². The molecule has 0 N–H and O–H groups in total. The number of carbonyl (C=O) groups is 1. The van der Waals surface area contributed by atoms with Crippen LogP contribution in [0.4, 0.5) is 0 Å². The summed E-state index contributed by atoms with van der Waals surface area (Å²) >= 11 is 6.04. The van der Waals surface area contributed by atoms with Crippen LogP contribution >= 0.6 is 11.6 Å². The van der Waals surface area contributed by atoms with E-state index in [4.69, 9.17) is 11.6 Å². The fourth-order valence-electron chi connectivity index (χ4n) is 2.04. The van der Waals surface area contributed by atoms with Crippen molar-refractivity contribution in [1.82, 2.24) is 9.88 Å². The minimum Gasteiger partial charge on any atom is -0.335 e. The third kappa shape index (κ3) is 3.17. The van der Waals surface area contributed by atoms with Crippen molar-refractivity contribution in [2.24, 2.45) is 0 Å². The number of hydrogen-bond acceptors (Lipinski definition) is 2. The maximum Gasteiger partial charge on any atom is 0.255 e. The summed E-state index contributed by atoms with van der Waals surface area (Å²) < 4.78 is 0. The number of aryl methyl sites for hydroxylation is 1. The highest BCUT2D eigenvalue weighted by atomic mass is 35.5. The Kier molecular flexibility index (Phi) is 4.74. The summed E-state index contributed by atoms with van der Waals surface area (Å²) in [6.07, 6.45) is 3.08. The lowest BCUT2D eigenvalue weighted by atomic mass is 10.1. The van der Waals surface area contributed by atoms with E-state index in [0.717, 1.165) is 5.56 Å². The topological polar surface area (TPSA) is 33.2 Å². The number of halogens is 1. The summed E-state index contributed by atoms with van der Waals surface area (Å²) in [4.78, 5) is 18.2. The molecule has 0 aliphatic carbocycles. The Labute approximate surface area is 124 Å². The lowest BCUT2D eigenvalue weighted by Crippen LogP contribution is -2.30. The fraction of sp³-hybridized carbons (Fsp3) is 0.250. The average Bonchev–Trinajstić information content (AvgIpc) is 2.46. The first-order valence-corrected chi connectivity index (χ1v) is 6.94. The van der Waals surface area contributed by atoms with Crippen molar-refractivity contribution in [3.8, 4) is 0 Å². The number of hydrogen-bond donors (Lipinski definition) is 0. The number of amides is 1. The summed E-state index contributed by atoms with van der Waals surface area (Å²) in [7, 11) is 0. The van der Waals surface area contributed by atoms with Crippen molar-refractivity contribution in [2.75, 3.05) is 6.54 Å². The lowest BCUT2D eigenvalue weighted by Gasteiger charge is -2.22. The second-order valence-corrected chi connectivity index (χ2v) is 5.01. The van der Waals surface area contributed by atoms with E-state index in [-0.39, 0.29) is 5.91 Å². The van der Waals surface area contributed by atoms with Crippen molar-refractivity contribution >= 4 is 17.5 Å². The molecule has 0 fully saturated rings. The zero-order valence-corrected chi connectivity index (χ0v) is 12.4. The summed E-state index contributed by atoms with van der Waals surface area (Å²) in [5.41, 5.74) is 2.82. The van der Waals surface area contributed by atoms with Gasteiger partial charge in [0, 0.05) is 25.5 Å². The second kappa shape index (κ2) is 6.53. The van der Waals surface area contributed by atoms with Crippen molar-refractivity contribution in [3.63, 3.8) is 0 Å². The maximum absolute atomic E-state index is 12.5. The predicted octanol–water partition coefficient (Wildman–Crippen LogP) is 3.71. The molecule has 1 aromatic carbocycles. The van der Waals surface area contributed by atoms with E-state index in [2.05, 4.69) is 4.98 Å². The third-order valence-corrected chi connectivity index (χ3v) is 3.60. The van der Waals surface area contributed by atoms with Crippen LogP contribution in [-0.4, -0.2) is 22.3 Å². The Balaban J connectivity index is 2.23. The Morgan fingerprint density at radius 1 is 1.30 bits per heavy atom. The van der Waals surface area contributed by atoms with Gasteiger partial charge in [-0.3, -0.25) is 9.78 Å². The summed E-state index contributed by atoms with van der Waals surface area (Å²) in [6.45, 7) is 5.23. The van der Waals surface area contributed by atoms with Gasteiger partial charge in [0.2, 0.25) is 0 Å². The molecule has 1 amide bonds. The molecule has 0 spiro atoms. The zero-order chi connectivity index (χ0) is 14.5. The van der Waals surface area contributed by atoms with Gasteiger partial charge in [0.25, 0.3) is 5.91 Å². The van der Waals surface area contributed by atoms with Crippen LogP contribution in [0.1, 0.15) is 28.4 Å². The second-order valence-electron chi connectivity index (χ2n) is 4.60. The Morgan fingerprint density at radius 2 is 2.05 bits per heavy atom. The van der Waals surface area contributed by atoms with Crippen LogP contribution in [-0.2, 0) is 6.54 Å². The van der Waals surface area contributed by atoms with Crippen molar-refractivity contribution < 1.29 is 4.79 Å². The number of aromatic nitrogens is 1. The molecule has 0 radical (unpaired) electrons. The first-order chi connectivity index (χ1) is 9.63. The minimum absolute atomic E-state index is 0.0665. The fourth-order valence-corrected chi connectivity index (χ4v) is 2.24. The van der Waals surface area contributed by atoms with Crippen LogP contribution in [0.25, 0.3) is 0 Å². The van der Waals surface area contributed by atoms with E-state index in [1.165, 1.54) is 11.8 Å². The molecule has 4 heteroatoms. The van der Waals surface area contributed by atoms with Gasteiger partial charge in [-0.15, -0.1) is 0 Å². The molecule has 0 saturated heterocycles. The Hall–Kier alpha value is -1.87. The van der Waals surface area contributed by atoms with Crippen molar-refractivity contribution in [1.29, 1.82) is 0 Å². The molecule has 1 heterocycles. The summed E-state index contributed by atoms with van der Waals surface area (Å²) in [6, 6.07) is 9.73. The van der Waals surface area contributed by atoms with Crippen LogP contribution in [0, 0.1) is 6.92 Å². The van der Waals surface area contributed by atoms with Gasteiger partial charge in [-0.05, 0) is 31.0 Å². The predicted molar refractivity (Wildman–Crippen MR) is 80.8 cm³/mol. The molecule has 2 rings (SSSR count). The third-order valence-electron chi connectivity index (χ3n) is 3.29. The number of nitrogens with zero attached hydrogens (tertiary/aromatic N) is 2. The number of benzene rings is 1. The van der Waals surface area contributed by atoms with Gasteiger partial charge in [-0.1, -0.05) is 35.9 Å². The van der Waals surface area contributed by atoms with Crippen LogP contribution in [0.15, 0.2) is 42.7 Å². The standard InChI is InChI=1S/C16H17ClN2O/c1-3-19(11-13-7-5-4-6-12(13)2)16(20)14-8-9-18-10-15(14)17/h4-10H,3,11H2,1-2H3. The monoisotopic (exact) mass is 288 g/mol. The lowest BCUT2D eigenvalue weighted by molar-refractivity contribution is 0.0752. The van der Waals surface area contributed by atoms with E-state index in [1.807, 2.05) is 38.1 Å². The highest BCUT2D eigenvalue weighted by molar-refractivity contribution is 6.33. The molecule has 0 unspecified atom stereocenters. The molecule has 0 aliphatic rings. The number of carbonyl (C=O) groups excluding carboxylic acids is 1. The maximum atomic E-state index is 12.5. The quantitative estimate of drug-likeness (QED) is 0.859. The smallest absolute Gasteiger partial charge is 0.255 e. The van der Waals surface area contributed by atoms with Gasteiger partial charge in [0.15, 0.2) is 0 Å². The Bertz CT molecular complexity index is 613. The molecule has 0 saturated carbocycles. The molecule has 0 atom stereocenters. The normalized spacial score (nSPS) is 10.3. The van der Waals surface area contributed by atoms with Crippen molar-refractivity contribution in [3.05, 3.63) is 64.4 Å².